The van der Waals surface area contributed by atoms with Crippen LogP contribution in [0.25, 0.3) is 0 Å². The number of halogens is 1. The minimum absolute atomic E-state index is 0.0874. The summed E-state index contributed by atoms with van der Waals surface area (Å²) in [7, 11) is 1.57. The molecule has 0 radical (unpaired) electrons. The molecule has 0 N–H and O–H groups in total. The standard InChI is InChI=1S/C29H34FN3O5/c1-36-26-11-7-24(8-12-26)29(35)32(14-3-13-31-15-18-37-19-16-31)22-28(34)33(21-27-4-2-17-38-27)20-23-5-9-25(30)10-6-23/h2,4-12,17H,3,13-16,18-22H2,1H3. The highest BCUT2D eigenvalue weighted by Gasteiger charge is 2.24. The minimum Gasteiger partial charge on any atom is -0.497 e. The van der Waals surface area contributed by atoms with E-state index in [4.69, 9.17) is 13.9 Å². The number of amides is 2. The lowest BCUT2D eigenvalue weighted by Crippen LogP contribution is -2.44. The van der Waals surface area contributed by atoms with Gasteiger partial charge < -0.3 is 23.7 Å². The number of benzene rings is 2. The highest BCUT2D eigenvalue weighted by molar-refractivity contribution is 5.96. The van der Waals surface area contributed by atoms with Crippen LogP contribution in [-0.4, -0.2) is 79.6 Å². The summed E-state index contributed by atoms with van der Waals surface area (Å²) in [4.78, 5) is 32.7. The van der Waals surface area contributed by atoms with E-state index in [1.807, 2.05) is 0 Å². The van der Waals surface area contributed by atoms with Crippen molar-refractivity contribution < 1.29 is 27.9 Å². The number of furan rings is 1. The van der Waals surface area contributed by atoms with Crippen molar-refractivity contribution in [3.05, 3.63) is 89.6 Å². The van der Waals surface area contributed by atoms with Crippen LogP contribution >= 0.6 is 0 Å². The maximum Gasteiger partial charge on any atom is 0.254 e. The van der Waals surface area contributed by atoms with Gasteiger partial charge in [0.1, 0.15) is 23.9 Å². The van der Waals surface area contributed by atoms with Crippen LogP contribution < -0.4 is 4.74 Å². The molecule has 38 heavy (non-hydrogen) atoms. The second kappa shape index (κ2) is 13.7. The number of hydrogen-bond acceptors (Lipinski definition) is 6. The number of carbonyl (C=O) groups is 2. The van der Waals surface area contributed by atoms with Crippen molar-refractivity contribution in [2.75, 3.05) is 53.0 Å². The molecular formula is C29H34FN3O5. The van der Waals surface area contributed by atoms with Crippen molar-refractivity contribution in [1.82, 2.24) is 14.7 Å². The van der Waals surface area contributed by atoms with E-state index in [1.54, 1.807) is 71.7 Å². The van der Waals surface area contributed by atoms with Crippen LogP contribution in [0.15, 0.2) is 71.3 Å². The maximum absolute atomic E-state index is 13.6. The van der Waals surface area contributed by atoms with Gasteiger partial charge in [-0.05, 0) is 60.5 Å². The zero-order valence-electron chi connectivity index (χ0n) is 21.7. The first kappa shape index (κ1) is 27.3. The average molecular weight is 524 g/mol. The Bertz CT molecular complexity index is 1150. The van der Waals surface area contributed by atoms with Crippen molar-refractivity contribution >= 4 is 11.8 Å². The summed E-state index contributed by atoms with van der Waals surface area (Å²) in [5.41, 5.74) is 1.27. The molecule has 0 aliphatic carbocycles. The van der Waals surface area contributed by atoms with Crippen LogP contribution in [0.2, 0.25) is 0 Å². The summed E-state index contributed by atoms with van der Waals surface area (Å²) in [6, 6.07) is 16.5. The molecule has 0 bridgehead atoms. The van der Waals surface area contributed by atoms with Crippen LogP contribution in [0.4, 0.5) is 4.39 Å². The highest BCUT2D eigenvalue weighted by atomic mass is 19.1. The molecule has 9 heteroatoms. The van der Waals surface area contributed by atoms with E-state index in [0.29, 0.717) is 36.8 Å². The predicted molar refractivity (Wildman–Crippen MR) is 140 cm³/mol. The molecule has 0 atom stereocenters. The third-order valence-corrected chi connectivity index (χ3v) is 6.52. The summed E-state index contributed by atoms with van der Waals surface area (Å²) >= 11 is 0. The van der Waals surface area contributed by atoms with Gasteiger partial charge in [-0.1, -0.05) is 12.1 Å². The quantitative estimate of drug-likeness (QED) is 0.359. The predicted octanol–water partition coefficient (Wildman–Crippen LogP) is 3.82. The second-order valence-corrected chi connectivity index (χ2v) is 9.22. The number of methoxy groups -OCH3 is 1. The van der Waals surface area contributed by atoms with Crippen molar-refractivity contribution in [2.45, 2.75) is 19.5 Å². The molecule has 8 nitrogen and oxygen atoms in total. The highest BCUT2D eigenvalue weighted by Crippen LogP contribution is 2.16. The molecule has 1 saturated heterocycles. The van der Waals surface area contributed by atoms with E-state index in [-0.39, 0.29) is 37.3 Å². The number of nitrogens with zero attached hydrogens (tertiary/aromatic N) is 3. The lowest BCUT2D eigenvalue weighted by atomic mass is 10.1. The van der Waals surface area contributed by atoms with Gasteiger partial charge in [0, 0.05) is 38.3 Å². The molecule has 0 saturated carbocycles. The summed E-state index contributed by atoms with van der Waals surface area (Å²) in [6.07, 6.45) is 2.28. The summed E-state index contributed by atoms with van der Waals surface area (Å²) in [5.74, 6) is 0.497. The Morgan fingerprint density at radius 2 is 1.71 bits per heavy atom. The molecule has 2 heterocycles. The molecule has 4 rings (SSSR count). The molecule has 3 aromatic rings. The van der Waals surface area contributed by atoms with E-state index >= 15 is 0 Å². The Hall–Kier alpha value is -3.69. The molecule has 0 unspecified atom stereocenters. The third-order valence-electron chi connectivity index (χ3n) is 6.52. The molecule has 2 amide bonds. The molecule has 0 spiro atoms. The van der Waals surface area contributed by atoms with Crippen LogP contribution in [0.5, 0.6) is 5.75 Å². The topological polar surface area (TPSA) is 75.5 Å². The van der Waals surface area contributed by atoms with Crippen molar-refractivity contribution in [1.29, 1.82) is 0 Å². The first-order valence-electron chi connectivity index (χ1n) is 12.8. The van der Waals surface area contributed by atoms with Gasteiger partial charge in [-0.2, -0.15) is 0 Å². The van der Waals surface area contributed by atoms with Gasteiger partial charge in [0.2, 0.25) is 5.91 Å². The average Bonchev–Trinajstić information content (AvgIpc) is 3.47. The van der Waals surface area contributed by atoms with Gasteiger partial charge in [-0.25, -0.2) is 4.39 Å². The lowest BCUT2D eigenvalue weighted by molar-refractivity contribution is -0.133. The number of morpholine rings is 1. The molecule has 202 valence electrons. The number of hydrogen-bond donors (Lipinski definition) is 0. The van der Waals surface area contributed by atoms with Gasteiger partial charge in [0.05, 0.1) is 33.1 Å². The third kappa shape index (κ3) is 7.90. The minimum atomic E-state index is -0.339. The maximum atomic E-state index is 13.6. The Morgan fingerprint density at radius 3 is 2.37 bits per heavy atom. The van der Waals surface area contributed by atoms with Gasteiger partial charge in [-0.3, -0.25) is 14.5 Å². The van der Waals surface area contributed by atoms with Gasteiger partial charge >= 0.3 is 0 Å². The molecule has 1 aliphatic heterocycles. The lowest BCUT2D eigenvalue weighted by Gasteiger charge is -2.30. The zero-order chi connectivity index (χ0) is 26.7. The SMILES string of the molecule is COc1ccc(C(=O)N(CCCN2CCOCC2)CC(=O)N(Cc2ccc(F)cc2)Cc2ccco2)cc1. The summed E-state index contributed by atoms with van der Waals surface area (Å²) in [5, 5.41) is 0. The van der Waals surface area contributed by atoms with Gasteiger partial charge in [-0.15, -0.1) is 0 Å². The molecule has 1 aliphatic rings. The van der Waals surface area contributed by atoms with E-state index in [2.05, 4.69) is 4.90 Å². The Morgan fingerprint density at radius 1 is 0.974 bits per heavy atom. The zero-order valence-corrected chi connectivity index (χ0v) is 21.7. The smallest absolute Gasteiger partial charge is 0.254 e. The fraction of sp³-hybridized carbons (Fsp3) is 0.379. The number of carbonyl (C=O) groups excluding carboxylic acids is 2. The van der Waals surface area contributed by atoms with E-state index in [9.17, 15) is 14.0 Å². The van der Waals surface area contributed by atoms with Crippen LogP contribution in [-0.2, 0) is 22.6 Å². The van der Waals surface area contributed by atoms with Crippen molar-refractivity contribution in [3.8, 4) is 5.75 Å². The second-order valence-electron chi connectivity index (χ2n) is 9.22. The van der Waals surface area contributed by atoms with Crippen LogP contribution in [0, 0.1) is 5.82 Å². The van der Waals surface area contributed by atoms with E-state index < -0.39 is 0 Å². The van der Waals surface area contributed by atoms with Crippen molar-refractivity contribution in [3.63, 3.8) is 0 Å². The van der Waals surface area contributed by atoms with Crippen molar-refractivity contribution in [2.24, 2.45) is 0 Å². The summed E-state index contributed by atoms with van der Waals surface area (Å²) < 4.78 is 29.6. The fourth-order valence-electron chi connectivity index (χ4n) is 4.37. The number of rotatable bonds is 12. The fourth-order valence-corrected chi connectivity index (χ4v) is 4.37. The molecular weight excluding hydrogens is 489 g/mol. The van der Waals surface area contributed by atoms with Crippen LogP contribution in [0.1, 0.15) is 28.1 Å². The van der Waals surface area contributed by atoms with Gasteiger partial charge in [0.15, 0.2) is 0 Å². The Labute approximate surface area is 222 Å². The van der Waals surface area contributed by atoms with Crippen LogP contribution in [0.3, 0.4) is 0 Å². The molecule has 1 fully saturated rings. The Balaban J connectivity index is 1.49. The summed E-state index contributed by atoms with van der Waals surface area (Å²) in [6.45, 7) is 4.79. The first-order chi connectivity index (χ1) is 18.5. The number of ether oxygens (including phenoxy) is 2. The van der Waals surface area contributed by atoms with Gasteiger partial charge in [0.25, 0.3) is 5.91 Å². The largest absolute Gasteiger partial charge is 0.497 e. The van der Waals surface area contributed by atoms with E-state index in [1.165, 1.54) is 12.1 Å². The normalized spacial score (nSPS) is 13.7. The monoisotopic (exact) mass is 523 g/mol. The first-order valence-corrected chi connectivity index (χ1v) is 12.8. The molecule has 1 aromatic heterocycles. The van der Waals surface area contributed by atoms with E-state index in [0.717, 1.165) is 31.6 Å². The molecule has 2 aromatic carbocycles. The Kier molecular flexibility index (Phi) is 9.89.